The predicted octanol–water partition coefficient (Wildman–Crippen LogP) is 3.26. The lowest BCUT2D eigenvalue weighted by Gasteiger charge is -2.30. The Bertz CT molecular complexity index is 369. The van der Waals surface area contributed by atoms with Crippen LogP contribution in [0.2, 0.25) is 0 Å². The minimum atomic E-state index is 0.145. The number of nitrogens with two attached hydrogens (primary N) is 1. The molecule has 2 nitrogen and oxygen atoms in total. The molecule has 0 amide bonds. The summed E-state index contributed by atoms with van der Waals surface area (Å²) in [5.74, 6) is 0. The normalized spacial score (nSPS) is 18.4. The molecule has 100 valence electrons. The number of benzene rings is 1. The molecule has 1 saturated carbocycles. The molecule has 0 bridgehead atoms. The summed E-state index contributed by atoms with van der Waals surface area (Å²) in [5, 5.41) is 0. The van der Waals surface area contributed by atoms with Crippen molar-refractivity contribution in [2.75, 3.05) is 13.1 Å². The van der Waals surface area contributed by atoms with Crippen LogP contribution < -0.4 is 5.73 Å². The Balaban J connectivity index is 2.00. The van der Waals surface area contributed by atoms with E-state index in [9.17, 15) is 0 Å². The van der Waals surface area contributed by atoms with Crippen molar-refractivity contribution >= 4 is 0 Å². The third kappa shape index (κ3) is 3.12. The third-order valence-corrected chi connectivity index (χ3v) is 4.27. The zero-order valence-electron chi connectivity index (χ0n) is 11.7. The van der Waals surface area contributed by atoms with Crippen molar-refractivity contribution in [3.63, 3.8) is 0 Å². The van der Waals surface area contributed by atoms with Gasteiger partial charge in [-0.05, 0) is 37.4 Å². The number of rotatable bonds is 5. The zero-order valence-corrected chi connectivity index (χ0v) is 11.7. The van der Waals surface area contributed by atoms with Crippen molar-refractivity contribution in [3.8, 4) is 0 Å². The van der Waals surface area contributed by atoms with Gasteiger partial charge in [0.1, 0.15) is 0 Å². The number of hydrogen-bond donors (Lipinski definition) is 1. The molecule has 2 rings (SSSR count). The highest BCUT2D eigenvalue weighted by molar-refractivity contribution is 5.28. The summed E-state index contributed by atoms with van der Waals surface area (Å²) in [6, 6.07) is 9.41. The van der Waals surface area contributed by atoms with Gasteiger partial charge < -0.3 is 5.73 Å². The van der Waals surface area contributed by atoms with E-state index in [1.165, 1.54) is 36.8 Å². The Labute approximate surface area is 111 Å². The molecule has 1 unspecified atom stereocenters. The molecule has 0 radical (unpaired) electrons. The Morgan fingerprint density at radius 3 is 2.56 bits per heavy atom. The highest BCUT2D eigenvalue weighted by atomic mass is 15.2. The highest BCUT2D eigenvalue weighted by Gasteiger charge is 2.23. The molecule has 1 atom stereocenters. The minimum absolute atomic E-state index is 0.145. The van der Waals surface area contributed by atoms with Crippen molar-refractivity contribution < 1.29 is 0 Å². The number of nitrogens with zero attached hydrogens (tertiary/aromatic N) is 1. The van der Waals surface area contributed by atoms with Gasteiger partial charge in [0.2, 0.25) is 0 Å². The third-order valence-electron chi connectivity index (χ3n) is 4.27. The minimum Gasteiger partial charge on any atom is -0.323 e. The monoisotopic (exact) mass is 246 g/mol. The topological polar surface area (TPSA) is 29.3 Å². The van der Waals surface area contributed by atoms with Crippen LogP contribution in [0.15, 0.2) is 24.3 Å². The molecule has 2 N–H and O–H groups in total. The maximum absolute atomic E-state index is 6.40. The van der Waals surface area contributed by atoms with Crippen LogP contribution in [0.3, 0.4) is 0 Å². The molecule has 2 heteroatoms. The molecule has 1 aliphatic carbocycles. The molecule has 1 aromatic carbocycles. The van der Waals surface area contributed by atoms with Crippen LogP contribution >= 0.6 is 0 Å². The first kappa shape index (κ1) is 13.6. The number of likely N-dealkylation sites (N-methyl/N-ethyl adjacent to an activating group) is 1. The van der Waals surface area contributed by atoms with Gasteiger partial charge in [0.25, 0.3) is 0 Å². The van der Waals surface area contributed by atoms with Crippen molar-refractivity contribution in [2.45, 2.75) is 51.6 Å². The summed E-state index contributed by atoms with van der Waals surface area (Å²) in [7, 11) is 0. The van der Waals surface area contributed by atoms with E-state index >= 15 is 0 Å². The van der Waals surface area contributed by atoms with Crippen molar-refractivity contribution in [2.24, 2.45) is 5.73 Å². The molecular formula is C16H26N2. The molecular weight excluding hydrogens is 220 g/mol. The van der Waals surface area contributed by atoms with Crippen LogP contribution in [0, 0.1) is 6.92 Å². The Morgan fingerprint density at radius 2 is 1.94 bits per heavy atom. The second-order valence-electron chi connectivity index (χ2n) is 5.49. The van der Waals surface area contributed by atoms with Gasteiger partial charge in [0.05, 0.1) is 0 Å². The lowest BCUT2D eigenvalue weighted by Crippen LogP contribution is -2.38. The molecule has 1 aromatic rings. The van der Waals surface area contributed by atoms with Crippen LogP contribution in [-0.2, 0) is 0 Å². The van der Waals surface area contributed by atoms with Crippen LogP contribution in [-0.4, -0.2) is 24.0 Å². The van der Waals surface area contributed by atoms with Gasteiger partial charge >= 0.3 is 0 Å². The van der Waals surface area contributed by atoms with Gasteiger partial charge in [-0.3, -0.25) is 4.90 Å². The molecule has 0 aliphatic heterocycles. The van der Waals surface area contributed by atoms with Crippen LogP contribution in [0.4, 0.5) is 0 Å². The first-order chi connectivity index (χ1) is 8.72. The van der Waals surface area contributed by atoms with Gasteiger partial charge in [-0.15, -0.1) is 0 Å². The summed E-state index contributed by atoms with van der Waals surface area (Å²) in [6.45, 7) is 6.51. The average Bonchev–Trinajstić information content (AvgIpc) is 2.90. The SMILES string of the molecule is CCN(CC(N)c1ccccc1C)C1CCCC1. The van der Waals surface area contributed by atoms with E-state index in [-0.39, 0.29) is 6.04 Å². The lowest BCUT2D eigenvalue weighted by atomic mass is 10.0. The quantitative estimate of drug-likeness (QED) is 0.864. The summed E-state index contributed by atoms with van der Waals surface area (Å²) < 4.78 is 0. The number of aryl methyl sites for hydroxylation is 1. The van der Waals surface area contributed by atoms with E-state index < -0.39 is 0 Å². The first-order valence-corrected chi connectivity index (χ1v) is 7.27. The van der Waals surface area contributed by atoms with Gasteiger partial charge in [-0.1, -0.05) is 44.0 Å². The fourth-order valence-electron chi connectivity index (χ4n) is 3.16. The molecule has 1 aliphatic rings. The smallest absolute Gasteiger partial charge is 0.0427 e. The maximum atomic E-state index is 6.40. The molecule has 18 heavy (non-hydrogen) atoms. The van der Waals surface area contributed by atoms with E-state index in [1.807, 2.05) is 0 Å². The van der Waals surface area contributed by atoms with E-state index in [1.54, 1.807) is 0 Å². The fourth-order valence-corrected chi connectivity index (χ4v) is 3.16. The summed E-state index contributed by atoms with van der Waals surface area (Å²) in [4.78, 5) is 2.57. The average molecular weight is 246 g/mol. The van der Waals surface area contributed by atoms with Gasteiger partial charge in [0, 0.05) is 18.6 Å². The summed E-state index contributed by atoms with van der Waals surface area (Å²) in [6.07, 6.45) is 5.49. The zero-order chi connectivity index (χ0) is 13.0. The Kier molecular flexibility index (Phi) is 4.79. The standard InChI is InChI=1S/C16H26N2/c1-3-18(14-9-5-6-10-14)12-16(17)15-11-7-4-8-13(15)2/h4,7-8,11,14,16H,3,5-6,9-10,12,17H2,1-2H3. The predicted molar refractivity (Wildman–Crippen MR) is 77.6 cm³/mol. The highest BCUT2D eigenvalue weighted by Crippen LogP contribution is 2.25. The van der Waals surface area contributed by atoms with E-state index in [0.717, 1.165) is 19.1 Å². The van der Waals surface area contributed by atoms with Crippen LogP contribution in [0.5, 0.6) is 0 Å². The second-order valence-corrected chi connectivity index (χ2v) is 5.49. The largest absolute Gasteiger partial charge is 0.323 e. The van der Waals surface area contributed by atoms with Crippen molar-refractivity contribution in [1.82, 2.24) is 4.90 Å². The van der Waals surface area contributed by atoms with Crippen LogP contribution in [0.25, 0.3) is 0 Å². The van der Waals surface area contributed by atoms with E-state index in [2.05, 4.69) is 43.0 Å². The number of hydrogen-bond acceptors (Lipinski definition) is 2. The first-order valence-electron chi connectivity index (χ1n) is 7.27. The lowest BCUT2D eigenvalue weighted by molar-refractivity contribution is 0.196. The summed E-state index contributed by atoms with van der Waals surface area (Å²) in [5.41, 5.74) is 9.01. The maximum Gasteiger partial charge on any atom is 0.0427 e. The van der Waals surface area contributed by atoms with Gasteiger partial charge in [-0.2, -0.15) is 0 Å². The molecule has 0 aromatic heterocycles. The van der Waals surface area contributed by atoms with E-state index in [4.69, 9.17) is 5.73 Å². The Morgan fingerprint density at radius 1 is 1.28 bits per heavy atom. The fraction of sp³-hybridized carbons (Fsp3) is 0.625. The van der Waals surface area contributed by atoms with Gasteiger partial charge in [0.15, 0.2) is 0 Å². The van der Waals surface area contributed by atoms with Crippen molar-refractivity contribution in [3.05, 3.63) is 35.4 Å². The van der Waals surface area contributed by atoms with Gasteiger partial charge in [-0.25, -0.2) is 0 Å². The molecule has 1 fully saturated rings. The van der Waals surface area contributed by atoms with E-state index in [0.29, 0.717) is 0 Å². The second kappa shape index (κ2) is 6.35. The van der Waals surface area contributed by atoms with Crippen molar-refractivity contribution in [1.29, 1.82) is 0 Å². The molecule has 0 spiro atoms. The van der Waals surface area contributed by atoms with Crippen LogP contribution in [0.1, 0.15) is 49.8 Å². The molecule has 0 heterocycles. The molecule has 0 saturated heterocycles. The summed E-state index contributed by atoms with van der Waals surface area (Å²) >= 11 is 0. The Hall–Kier alpha value is -0.860.